The fraction of sp³-hybridized carbons (Fsp3) is 0.320. The van der Waals surface area contributed by atoms with E-state index in [4.69, 9.17) is 23.2 Å². The molecule has 2 aromatic carbocycles. The fourth-order valence-electron chi connectivity index (χ4n) is 3.06. The van der Waals surface area contributed by atoms with E-state index in [1.165, 1.54) is 17.5 Å². The maximum atomic E-state index is 12.7. The van der Waals surface area contributed by atoms with Gasteiger partial charge in [-0.15, -0.1) is 5.10 Å². The summed E-state index contributed by atoms with van der Waals surface area (Å²) < 4.78 is 1.20. The van der Waals surface area contributed by atoms with Crippen LogP contribution in [0.5, 0.6) is 0 Å². The lowest BCUT2D eigenvalue weighted by atomic mass is 9.95. The Hall–Kier alpha value is -3.01. The van der Waals surface area contributed by atoms with Crippen LogP contribution in [0.4, 0.5) is 0 Å². The van der Waals surface area contributed by atoms with E-state index in [1.54, 1.807) is 12.1 Å². The maximum Gasteiger partial charge on any atom is 0.348 e. The van der Waals surface area contributed by atoms with Gasteiger partial charge < -0.3 is 5.32 Å². The van der Waals surface area contributed by atoms with Gasteiger partial charge in [-0.25, -0.2) is 4.79 Å². The number of benzene rings is 2. The number of amides is 1. The third-order valence-corrected chi connectivity index (χ3v) is 5.89. The van der Waals surface area contributed by atoms with Crippen LogP contribution in [0, 0.1) is 23.2 Å². The zero-order valence-electron chi connectivity index (χ0n) is 18.6. The van der Waals surface area contributed by atoms with Crippen molar-refractivity contribution < 1.29 is 4.79 Å². The normalized spacial score (nSPS) is 13.4. The number of halogens is 2. The number of aromatic nitrogens is 3. The lowest BCUT2D eigenvalue weighted by Crippen LogP contribution is -2.34. The van der Waals surface area contributed by atoms with Crippen molar-refractivity contribution in [2.75, 3.05) is 0 Å². The van der Waals surface area contributed by atoms with Crippen LogP contribution >= 0.6 is 23.2 Å². The minimum atomic E-state index is -0.533. The van der Waals surface area contributed by atoms with Crippen LogP contribution in [0.25, 0.3) is 17.1 Å². The predicted octanol–water partition coefficient (Wildman–Crippen LogP) is 4.96. The molecule has 1 aliphatic carbocycles. The highest BCUT2D eigenvalue weighted by Crippen LogP contribution is 2.29. The van der Waals surface area contributed by atoms with Crippen molar-refractivity contribution >= 4 is 29.1 Å². The molecule has 0 spiro atoms. The molecule has 0 radical (unpaired) electrons. The Morgan fingerprint density at radius 3 is 2.52 bits per heavy atom. The molecule has 8 heteroatoms. The van der Waals surface area contributed by atoms with Crippen LogP contribution in [0.15, 0.2) is 41.2 Å². The molecule has 4 rings (SSSR count). The lowest BCUT2D eigenvalue weighted by molar-refractivity contribution is -0.128. The number of H-pyrrole nitrogens is 1. The summed E-state index contributed by atoms with van der Waals surface area (Å²) in [6.45, 7) is 5.69. The molecule has 0 unspecified atom stereocenters. The standard InChI is InChI=1S/C25H24Cl2N4O2/c1-25(2,3)23(32)28-14-18-12-21(20(27)13-19(18)26)31-24(33)29-22(30-31)17-10-8-16(9-11-17)7-6-15-4-5-15/h8-13,15H,4-5,14H2,1-3H3,(H,28,32)(H,29,30,33). The SMILES string of the molecule is CC(C)(C)C(=O)NCc1cc(-n2nc(-c3ccc(C#CC4CC4)cc3)[nH]c2=O)c(Cl)cc1Cl. The van der Waals surface area contributed by atoms with E-state index in [0.29, 0.717) is 28.0 Å². The number of carbonyl (C=O) groups excluding carboxylic acids is 1. The molecule has 1 amide bonds. The van der Waals surface area contributed by atoms with Crippen molar-refractivity contribution in [3.8, 4) is 28.9 Å². The highest BCUT2D eigenvalue weighted by atomic mass is 35.5. The molecule has 6 nitrogen and oxygen atoms in total. The smallest absolute Gasteiger partial charge is 0.348 e. The monoisotopic (exact) mass is 482 g/mol. The van der Waals surface area contributed by atoms with Gasteiger partial charge in [-0.2, -0.15) is 4.68 Å². The van der Waals surface area contributed by atoms with Gasteiger partial charge in [-0.05, 0) is 54.8 Å². The first-order valence-corrected chi connectivity index (χ1v) is 11.5. The van der Waals surface area contributed by atoms with Crippen molar-refractivity contribution in [2.45, 2.75) is 40.2 Å². The zero-order chi connectivity index (χ0) is 23.8. The molecule has 0 aliphatic heterocycles. The molecular formula is C25H24Cl2N4O2. The topological polar surface area (TPSA) is 79.8 Å². The number of nitrogens with zero attached hydrogens (tertiary/aromatic N) is 2. The van der Waals surface area contributed by atoms with Gasteiger partial charge in [-0.1, -0.05) is 55.8 Å². The van der Waals surface area contributed by atoms with Gasteiger partial charge in [-0.3, -0.25) is 9.78 Å². The largest absolute Gasteiger partial charge is 0.352 e. The number of carbonyl (C=O) groups is 1. The van der Waals surface area contributed by atoms with E-state index in [-0.39, 0.29) is 17.5 Å². The van der Waals surface area contributed by atoms with Gasteiger partial charge in [0.15, 0.2) is 5.82 Å². The summed E-state index contributed by atoms with van der Waals surface area (Å²) in [6, 6.07) is 10.8. The van der Waals surface area contributed by atoms with E-state index >= 15 is 0 Å². The van der Waals surface area contributed by atoms with E-state index in [1.807, 2.05) is 45.0 Å². The third kappa shape index (κ3) is 5.50. The lowest BCUT2D eigenvalue weighted by Gasteiger charge is -2.18. The summed E-state index contributed by atoms with van der Waals surface area (Å²) in [5.74, 6) is 7.23. The molecule has 1 aromatic heterocycles. The molecule has 1 saturated carbocycles. The van der Waals surface area contributed by atoms with E-state index in [0.717, 1.165) is 11.1 Å². The number of aromatic amines is 1. The molecule has 170 valence electrons. The Kier molecular flexibility index (Phi) is 6.38. The molecule has 2 N–H and O–H groups in total. The van der Waals surface area contributed by atoms with Crippen molar-refractivity contribution in [1.29, 1.82) is 0 Å². The Morgan fingerprint density at radius 2 is 1.88 bits per heavy atom. The van der Waals surface area contributed by atoms with E-state index in [2.05, 4.69) is 27.2 Å². The molecule has 0 saturated heterocycles. The maximum absolute atomic E-state index is 12.7. The fourth-order valence-corrected chi connectivity index (χ4v) is 3.59. The Bertz CT molecular complexity index is 1320. The molecule has 1 heterocycles. The number of nitrogens with one attached hydrogen (secondary N) is 2. The summed E-state index contributed by atoms with van der Waals surface area (Å²) in [5.41, 5.74) is 1.72. The zero-order valence-corrected chi connectivity index (χ0v) is 20.1. The summed E-state index contributed by atoms with van der Waals surface area (Å²) in [7, 11) is 0. The van der Waals surface area contributed by atoms with Gasteiger partial charge in [0.1, 0.15) is 0 Å². The molecule has 33 heavy (non-hydrogen) atoms. The van der Waals surface area contributed by atoms with Gasteiger partial charge in [0.2, 0.25) is 5.91 Å². The van der Waals surface area contributed by atoms with Crippen molar-refractivity contribution in [3.05, 3.63) is 68.1 Å². The highest BCUT2D eigenvalue weighted by Gasteiger charge is 2.22. The second-order valence-corrected chi connectivity index (χ2v) is 9.95. The average Bonchev–Trinajstić information content (AvgIpc) is 3.51. The van der Waals surface area contributed by atoms with Crippen LogP contribution < -0.4 is 11.0 Å². The second kappa shape index (κ2) is 9.09. The van der Waals surface area contributed by atoms with Crippen LogP contribution in [0.1, 0.15) is 44.7 Å². The van der Waals surface area contributed by atoms with Gasteiger partial charge >= 0.3 is 5.69 Å². The highest BCUT2D eigenvalue weighted by molar-refractivity contribution is 6.36. The third-order valence-electron chi connectivity index (χ3n) is 5.24. The van der Waals surface area contributed by atoms with E-state index < -0.39 is 11.1 Å². The minimum Gasteiger partial charge on any atom is -0.352 e. The van der Waals surface area contributed by atoms with Crippen molar-refractivity contribution in [1.82, 2.24) is 20.1 Å². The first-order valence-electron chi connectivity index (χ1n) is 10.7. The molecule has 1 fully saturated rings. The van der Waals surface area contributed by atoms with Crippen molar-refractivity contribution in [3.63, 3.8) is 0 Å². The quantitative estimate of drug-likeness (QED) is 0.515. The van der Waals surface area contributed by atoms with E-state index in [9.17, 15) is 9.59 Å². The number of rotatable bonds is 4. The minimum absolute atomic E-state index is 0.112. The van der Waals surface area contributed by atoms with Crippen molar-refractivity contribution in [2.24, 2.45) is 11.3 Å². The number of hydrogen-bond donors (Lipinski definition) is 2. The first-order chi connectivity index (χ1) is 15.6. The van der Waals surface area contributed by atoms with Crippen LogP contribution in [-0.4, -0.2) is 20.7 Å². The Morgan fingerprint density at radius 1 is 1.18 bits per heavy atom. The average molecular weight is 483 g/mol. The van der Waals surface area contributed by atoms with Gasteiger partial charge in [0, 0.05) is 34.0 Å². The molecule has 1 aliphatic rings. The molecule has 3 aromatic rings. The Balaban J connectivity index is 1.60. The summed E-state index contributed by atoms with van der Waals surface area (Å²) in [6.07, 6.45) is 2.36. The first kappa shape index (κ1) is 23.2. The van der Waals surface area contributed by atoms with Crippen LogP contribution in [0.2, 0.25) is 10.0 Å². The molecule has 0 atom stereocenters. The van der Waals surface area contributed by atoms with Gasteiger partial charge in [0.25, 0.3) is 0 Å². The second-order valence-electron chi connectivity index (χ2n) is 9.14. The summed E-state index contributed by atoms with van der Waals surface area (Å²) >= 11 is 12.7. The number of hydrogen-bond acceptors (Lipinski definition) is 3. The predicted molar refractivity (Wildman–Crippen MR) is 131 cm³/mol. The summed E-state index contributed by atoms with van der Waals surface area (Å²) in [5, 5.41) is 7.95. The summed E-state index contributed by atoms with van der Waals surface area (Å²) in [4.78, 5) is 27.7. The van der Waals surface area contributed by atoms with Gasteiger partial charge in [0.05, 0.1) is 10.7 Å². The Labute approximate surface area is 202 Å². The van der Waals surface area contributed by atoms with Crippen LogP contribution in [0.3, 0.4) is 0 Å². The molecular weight excluding hydrogens is 459 g/mol. The van der Waals surface area contributed by atoms with Crippen LogP contribution in [-0.2, 0) is 11.3 Å². The molecule has 0 bridgehead atoms.